The molecule has 2 unspecified atom stereocenters. The smallest absolute Gasteiger partial charge is 0.0643 e. The number of nitrogens with zero attached hydrogens (tertiary/aromatic N) is 3. The lowest BCUT2D eigenvalue weighted by Crippen LogP contribution is -2.20. The van der Waals surface area contributed by atoms with Crippen LogP contribution in [0.5, 0.6) is 0 Å². The zero-order valence-electron chi connectivity index (χ0n) is 12.8. The number of rotatable bonds is 6. The zero-order valence-corrected chi connectivity index (χ0v) is 12.8. The van der Waals surface area contributed by atoms with Crippen LogP contribution in [0.4, 0.5) is 0 Å². The molecular formula is C16H24N4. The van der Waals surface area contributed by atoms with Gasteiger partial charge in [-0.2, -0.15) is 5.10 Å². The van der Waals surface area contributed by atoms with Gasteiger partial charge in [0.25, 0.3) is 0 Å². The highest BCUT2D eigenvalue weighted by Crippen LogP contribution is 2.20. The van der Waals surface area contributed by atoms with E-state index in [0.29, 0.717) is 6.04 Å². The van der Waals surface area contributed by atoms with Crippen LogP contribution in [0.15, 0.2) is 30.7 Å². The summed E-state index contributed by atoms with van der Waals surface area (Å²) < 4.78 is 2.05. The van der Waals surface area contributed by atoms with E-state index in [2.05, 4.69) is 59.2 Å². The molecule has 0 fully saturated rings. The first kappa shape index (κ1) is 14.7. The Kier molecular flexibility index (Phi) is 4.90. The molecular weight excluding hydrogens is 248 g/mol. The first-order valence-corrected chi connectivity index (χ1v) is 7.27. The highest BCUT2D eigenvalue weighted by Gasteiger charge is 2.14. The quantitative estimate of drug-likeness (QED) is 0.879. The molecule has 2 heterocycles. The first-order valence-electron chi connectivity index (χ1n) is 7.27. The van der Waals surface area contributed by atoms with Crippen LogP contribution in [-0.2, 0) is 6.42 Å². The van der Waals surface area contributed by atoms with Gasteiger partial charge >= 0.3 is 0 Å². The maximum atomic E-state index is 4.68. The fourth-order valence-electron chi connectivity index (χ4n) is 2.34. The van der Waals surface area contributed by atoms with Gasteiger partial charge in [-0.15, -0.1) is 0 Å². The maximum absolute atomic E-state index is 4.68. The van der Waals surface area contributed by atoms with E-state index in [4.69, 9.17) is 0 Å². The monoisotopic (exact) mass is 272 g/mol. The van der Waals surface area contributed by atoms with Crippen LogP contribution >= 0.6 is 0 Å². The largest absolute Gasteiger partial charge is 0.313 e. The Morgan fingerprint density at radius 2 is 2.15 bits per heavy atom. The van der Waals surface area contributed by atoms with E-state index in [1.165, 1.54) is 11.1 Å². The third kappa shape index (κ3) is 3.25. The number of hydrogen-bond acceptors (Lipinski definition) is 3. The lowest BCUT2D eigenvalue weighted by molar-refractivity contribution is 0.469. The van der Waals surface area contributed by atoms with Crippen molar-refractivity contribution < 1.29 is 0 Å². The van der Waals surface area contributed by atoms with Crippen molar-refractivity contribution in [3.05, 3.63) is 47.5 Å². The van der Waals surface area contributed by atoms with Crippen LogP contribution in [0.3, 0.4) is 0 Å². The summed E-state index contributed by atoms with van der Waals surface area (Å²) in [6.45, 7) is 6.50. The highest BCUT2D eigenvalue weighted by molar-refractivity contribution is 5.26. The van der Waals surface area contributed by atoms with Crippen LogP contribution in [0, 0.1) is 6.92 Å². The SMILES string of the molecule is CCC(C)n1ccc(CC(NC)c2cnccc2C)n1. The molecule has 0 aliphatic carbocycles. The number of nitrogens with one attached hydrogen (secondary N) is 1. The summed E-state index contributed by atoms with van der Waals surface area (Å²) in [4.78, 5) is 4.24. The Balaban J connectivity index is 2.15. The van der Waals surface area contributed by atoms with Gasteiger partial charge in [0.15, 0.2) is 0 Å². The van der Waals surface area contributed by atoms with E-state index in [1.807, 2.05) is 19.4 Å². The third-order valence-electron chi connectivity index (χ3n) is 3.92. The first-order chi connectivity index (χ1) is 9.65. The van der Waals surface area contributed by atoms with Gasteiger partial charge in [-0.05, 0) is 50.6 Å². The van der Waals surface area contributed by atoms with E-state index in [0.717, 1.165) is 18.5 Å². The highest BCUT2D eigenvalue weighted by atomic mass is 15.3. The normalized spacial score (nSPS) is 14.2. The zero-order chi connectivity index (χ0) is 14.5. The fraction of sp³-hybridized carbons (Fsp3) is 0.500. The van der Waals surface area contributed by atoms with Crippen LogP contribution in [0.2, 0.25) is 0 Å². The number of hydrogen-bond donors (Lipinski definition) is 1. The molecule has 20 heavy (non-hydrogen) atoms. The predicted molar refractivity (Wildman–Crippen MR) is 81.7 cm³/mol. The van der Waals surface area contributed by atoms with Gasteiger partial charge in [0, 0.05) is 37.1 Å². The average Bonchev–Trinajstić information content (AvgIpc) is 2.93. The summed E-state index contributed by atoms with van der Waals surface area (Å²) in [6.07, 6.45) is 7.84. The average molecular weight is 272 g/mol. The van der Waals surface area contributed by atoms with Crippen molar-refractivity contribution in [3.63, 3.8) is 0 Å². The summed E-state index contributed by atoms with van der Waals surface area (Å²) in [5.74, 6) is 0. The molecule has 0 saturated heterocycles. The second-order valence-corrected chi connectivity index (χ2v) is 5.32. The Morgan fingerprint density at radius 1 is 1.35 bits per heavy atom. The molecule has 2 aromatic heterocycles. The summed E-state index contributed by atoms with van der Waals surface area (Å²) in [6, 6.07) is 4.88. The maximum Gasteiger partial charge on any atom is 0.0643 e. The number of aryl methyl sites for hydroxylation is 1. The Morgan fingerprint density at radius 3 is 2.80 bits per heavy atom. The van der Waals surface area contributed by atoms with Crippen molar-refractivity contribution in [3.8, 4) is 0 Å². The predicted octanol–water partition coefficient (Wildman–Crippen LogP) is 3.06. The molecule has 2 aromatic rings. The van der Waals surface area contributed by atoms with Gasteiger partial charge in [-0.3, -0.25) is 9.67 Å². The van der Waals surface area contributed by atoms with Gasteiger partial charge in [0.05, 0.1) is 5.69 Å². The summed E-state index contributed by atoms with van der Waals surface area (Å²) in [5, 5.41) is 8.05. The molecule has 108 valence electrons. The molecule has 4 heteroatoms. The minimum Gasteiger partial charge on any atom is -0.313 e. The van der Waals surface area contributed by atoms with Crippen LogP contribution in [-0.4, -0.2) is 21.8 Å². The fourth-order valence-corrected chi connectivity index (χ4v) is 2.34. The van der Waals surface area contributed by atoms with Crippen molar-refractivity contribution in [1.29, 1.82) is 0 Å². The van der Waals surface area contributed by atoms with E-state index in [9.17, 15) is 0 Å². The van der Waals surface area contributed by atoms with Crippen molar-refractivity contribution in [1.82, 2.24) is 20.1 Å². The molecule has 0 aromatic carbocycles. The van der Waals surface area contributed by atoms with E-state index < -0.39 is 0 Å². The van der Waals surface area contributed by atoms with E-state index >= 15 is 0 Å². The molecule has 2 atom stereocenters. The molecule has 2 rings (SSSR count). The molecule has 0 radical (unpaired) electrons. The Hall–Kier alpha value is -1.68. The second-order valence-electron chi connectivity index (χ2n) is 5.32. The second kappa shape index (κ2) is 6.66. The summed E-state index contributed by atoms with van der Waals surface area (Å²) >= 11 is 0. The number of pyridine rings is 1. The lowest BCUT2D eigenvalue weighted by Gasteiger charge is -2.17. The summed E-state index contributed by atoms with van der Waals surface area (Å²) in [5.41, 5.74) is 3.63. The molecule has 0 aliphatic rings. The van der Waals surface area contributed by atoms with Gasteiger partial charge in [0.1, 0.15) is 0 Å². The molecule has 4 nitrogen and oxygen atoms in total. The molecule has 0 amide bonds. The van der Waals surface area contributed by atoms with Gasteiger partial charge in [0.2, 0.25) is 0 Å². The standard InChI is InChI=1S/C16H24N4/c1-5-13(3)20-9-7-14(19-20)10-16(17-4)15-11-18-8-6-12(15)2/h6-9,11,13,16-17H,5,10H2,1-4H3. The van der Waals surface area contributed by atoms with Gasteiger partial charge < -0.3 is 5.32 Å². The van der Waals surface area contributed by atoms with Crippen LogP contribution in [0.1, 0.15) is 49.2 Å². The molecule has 0 spiro atoms. The van der Waals surface area contributed by atoms with Gasteiger partial charge in [-0.25, -0.2) is 0 Å². The lowest BCUT2D eigenvalue weighted by atomic mass is 10.00. The summed E-state index contributed by atoms with van der Waals surface area (Å²) in [7, 11) is 1.99. The Bertz CT molecular complexity index is 547. The number of aromatic nitrogens is 3. The molecule has 0 saturated carbocycles. The minimum absolute atomic E-state index is 0.254. The van der Waals surface area contributed by atoms with Crippen LogP contribution in [0.25, 0.3) is 0 Å². The van der Waals surface area contributed by atoms with Crippen LogP contribution < -0.4 is 5.32 Å². The molecule has 0 bridgehead atoms. The topological polar surface area (TPSA) is 42.7 Å². The molecule has 0 aliphatic heterocycles. The molecule has 1 N–H and O–H groups in total. The van der Waals surface area contributed by atoms with Crippen molar-refractivity contribution >= 4 is 0 Å². The van der Waals surface area contributed by atoms with Crippen molar-refractivity contribution in [2.45, 2.75) is 45.7 Å². The van der Waals surface area contributed by atoms with Gasteiger partial charge in [-0.1, -0.05) is 6.92 Å². The number of likely N-dealkylation sites (N-methyl/N-ethyl adjacent to an activating group) is 1. The Labute approximate surface area is 121 Å². The minimum atomic E-state index is 0.254. The van der Waals surface area contributed by atoms with Crippen molar-refractivity contribution in [2.75, 3.05) is 7.05 Å². The van der Waals surface area contributed by atoms with E-state index in [-0.39, 0.29) is 6.04 Å². The van der Waals surface area contributed by atoms with Crippen molar-refractivity contribution in [2.24, 2.45) is 0 Å². The third-order valence-corrected chi connectivity index (χ3v) is 3.92. The van der Waals surface area contributed by atoms with E-state index in [1.54, 1.807) is 0 Å².